The van der Waals surface area contributed by atoms with Gasteiger partial charge in [-0.2, -0.15) is 13.2 Å². The molecule has 0 aromatic heterocycles. The van der Waals surface area contributed by atoms with Crippen LogP contribution in [0.3, 0.4) is 0 Å². The molecule has 0 fully saturated rings. The van der Waals surface area contributed by atoms with Crippen molar-refractivity contribution in [1.82, 2.24) is 5.32 Å². The Labute approximate surface area is 235 Å². The Bertz CT molecular complexity index is 1230. The number of nitrogens with zero attached hydrogens (tertiary/aromatic N) is 1. The third kappa shape index (κ3) is 9.50. The molecule has 14 heteroatoms. The molecule has 0 bridgehead atoms. The molecule has 2 N–H and O–H groups in total. The maximum atomic E-state index is 16.1. The molecule has 0 saturated heterocycles. The fourth-order valence-electron chi connectivity index (χ4n) is 3.48. The van der Waals surface area contributed by atoms with Crippen LogP contribution < -0.4 is 15.0 Å². The number of carbonyl (C=O) groups excluding carboxylic acids is 3. The van der Waals surface area contributed by atoms with Crippen molar-refractivity contribution in [2.75, 3.05) is 11.4 Å². The molecule has 40 heavy (non-hydrogen) atoms. The summed E-state index contributed by atoms with van der Waals surface area (Å²) in [7, 11) is 0. The first-order valence-corrected chi connectivity index (χ1v) is 12.5. The number of nitrogens with one attached hydrogen (secondary N) is 1. The minimum Gasteiger partial charge on any atom is -0.487 e. The van der Waals surface area contributed by atoms with E-state index >= 15 is 4.39 Å². The zero-order chi connectivity index (χ0) is 30.3. The van der Waals surface area contributed by atoms with Gasteiger partial charge in [0.25, 0.3) is 0 Å². The molecule has 0 heterocycles. The number of aldehydes is 1. The Balaban J connectivity index is 2.63. The van der Waals surface area contributed by atoms with Crippen molar-refractivity contribution in [3.8, 4) is 5.75 Å². The SMILES string of the molecule is CC(C)(C)OC(=O)N[C@H](CC=O)Cc1c(Br)cc(OCc2ccccc2)c(N(CC(=O)O)C(=O)C(F)(F)F)c1F. The number of amides is 2. The average Bonchev–Trinajstić information content (AvgIpc) is 2.82. The van der Waals surface area contributed by atoms with Crippen LogP contribution in [0.25, 0.3) is 0 Å². The van der Waals surface area contributed by atoms with Crippen LogP contribution in [0.1, 0.15) is 38.3 Å². The Kier molecular flexibility index (Phi) is 11.1. The number of halogens is 5. The largest absolute Gasteiger partial charge is 0.487 e. The number of carbonyl (C=O) groups is 4. The van der Waals surface area contributed by atoms with Gasteiger partial charge in [-0.05, 0) is 38.8 Å². The lowest BCUT2D eigenvalue weighted by atomic mass is 10.0. The van der Waals surface area contributed by atoms with Gasteiger partial charge in [0, 0.05) is 22.5 Å². The lowest BCUT2D eigenvalue weighted by Gasteiger charge is -2.27. The minimum atomic E-state index is -5.55. The molecule has 0 spiro atoms. The maximum Gasteiger partial charge on any atom is 0.471 e. The number of aliphatic carboxylic acids is 1. The van der Waals surface area contributed by atoms with Crippen LogP contribution in [0.4, 0.5) is 28.0 Å². The summed E-state index contributed by atoms with van der Waals surface area (Å²) in [6.07, 6.45) is -6.82. The number of hydrogen-bond donors (Lipinski definition) is 2. The highest BCUT2D eigenvalue weighted by Crippen LogP contribution is 2.40. The van der Waals surface area contributed by atoms with E-state index in [0.29, 0.717) is 11.8 Å². The Hall–Kier alpha value is -3.68. The Morgan fingerprint density at radius 2 is 1.77 bits per heavy atom. The fraction of sp³-hybridized carbons (Fsp3) is 0.385. The number of hydrogen-bond acceptors (Lipinski definition) is 6. The summed E-state index contributed by atoms with van der Waals surface area (Å²) in [5, 5.41) is 11.6. The van der Waals surface area contributed by atoms with Crippen LogP contribution in [0.15, 0.2) is 40.9 Å². The van der Waals surface area contributed by atoms with Crippen molar-refractivity contribution in [2.24, 2.45) is 0 Å². The van der Waals surface area contributed by atoms with E-state index in [-0.39, 0.29) is 28.0 Å². The van der Waals surface area contributed by atoms with Crippen molar-refractivity contribution >= 4 is 45.9 Å². The van der Waals surface area contributed by atoms with Crippen LogP contribution in [0, 0.1) is 5.82 Å². The number of alkyl carbamates (subject to hydrolysis) is 1. The molecular weight excluding hydrogens is 608 g/mol. The normalized spacial score (nSPS) is 12.3. The number of carboxylic acid groups (broad SMARTS) is 1. The van der Waals surface area contributed by atoms with Crippen molar-refractivity contribution in [2.45, 2.75) is 58.0 Å². The highest BCUT2D eigenvalue weighted by Gasteiger charge is 2.45. The van der Waals surface area contributed by atoms with Gasteiger partial charge in [-0.3, -0.25) is 14.5 Å². The second-order valence-corrected chi connectivity index (χ2v) is 10.4. The van der Waals surface area contributed by atoms with E-state index in [4.69, 9.17) is 9.47 Å². The lowest BCUT2D eigenvalue weighted by molar-refractivity contribution is -0.171. The Morgan fingerprint density at radius 3 is 2.30 bits per heavy atom. The van der Waals surface area contributed by atoms with Gasteiger partial charge in [-0.15, -0.1) is 0 Å². The molecule has 1 atom stereocenters. The van der Waals surface area contributed by atoms with Gasteiger partial charge in [-0.25, -0.2) is 9.18 Å². The number of alkyl halides is 3. The quantitative estimate of drug-likeness (QED) is 0.258. The highest BCUT2D eigenvalue weighted by atomic mass is 79.9. The summed E-state index contributed by atoms with van der Waals surface area (Å²) in [5.41, 5.74) is -1.77. The topological polar surface area (TPSA) is 122 Å². The molecule has 2 aromatic carbocycles. The second-order valence-electron chi connectivity index (χ2n) is 9.50. The summed E-state index contributed by atoms with van der Waals surface area (Å²) in [6.45, 7) is 2.98. The van der Waals surface area contributed by atoms with E-state index < -0.39 is 66.0 Å². The number of rotatable bonds is 11. The van der Waals surface area contributed by atoms with E-state index in [2.05, 4.69) is 21.2 Å². The summed E-state index contributed by atoms with van der Waals surface area (Å²) in [4.78, 5) is 46.9. The van der Waals surface area contributed by atoms with Crippen LogP contribution in [-0.2, 0) is 32.1 Å². The summed E-state index contributed by atoms with van der Waals surface area (Å²) >= 11 is 3.14. The number of carboxylic acids is 1. The van der Waals surface area contributed by atoms with Gasteiger partial charge < -0.3 is 24.7 Å². The summed E-state index contributed by atoms with van der Waals surface area (Å²) < 4.78 is 67.1. The van der Waals surface area contributed by atoms with Crippen molar-refractivity contribution in [3.63, 3.8) is 0 Å². The van der Waals surface area contributed by atoms with Crippen LogP contribution in [-0.4, -0.2) is 53.7 Å². The molecule has 2 rings (SSSR count). The van der Waals surface area contributed by atoms with Gasteiger partial charge in [0.2, 0.25) is 0 Å². The first-order valence-electron chi connectivity index (χ1n) is 11.7. The monoisotopic (exact) mass is 634 g/mol. The minimum absolute atomic E-state index is 0.0339. The van der Waals surface area contributed by atoms with E-state index in [1.165, 1.54) is 0 Å². The van der Waals surface area contributed by atoms with E-state index in [1.807, 2.05) is 0 Å². The number of ether oxygens (including phenoxy) is 2. The zero-order valence-corrected chi connectivity index (χ0v) is 23.3. The molecule has 218 valence electrons. The fourth-order valence-corrected chi connectivity index (χ4v) is 4.03. The smallest absolute Gasteiger partial charge is 0.471 e. The first-order chi connectivity index (χ1) is 18.5. The molecular formula is C26H27BrF4N2O7. The predicted octanol–water partition coefficient (Wildman–Crippen LogP) is 5.17. The van der Waals surface area contributed by atoms with Gasteiger partial charge in [0.1, 0.15) is 36.5 Å². The van der Waals surface area contributed by atoms with Crippen molar-refractivity contribution in [1.29, 1.82) is 0 Å². The molecule has 0 unspecified atom stereocenters. The lowest BCUT2D eigenvalue weighted by Crippen LogP contribution is -2.45. The van der Waals surface area contributed by atoms with E-state index in [0.717, 1.165) is 6.07 Å². The van der Waals surface area contributed by atoms with Crippen molar-refractivity contribution in [3.05, 3.63) is 57.8 Å². The number of anilines is 1. The van der Waals surface area contributed by atoms with Crippen molar-refractivity contribution < 1.29 is 51.3 Å². The summed E-state index contributed by atoms with van der Waals surface area (Å²) in [6, 6.07) is 8.29. The molecule has 0 saturated carbocycles. The first kappa shape index (κ1) is 32.5. The zero-order valence-electron chi connectivity index (χ0n) is 21.7. The average molecular weight is 635 g/mol. The molecule has 0 aliphatic rings. The Morgan fingerprint density at radius 1 is 1.15 bits per heavy atom. The molecule has 0 radical (unpaired) electrons. The highest BCUT2D eigenvalue weighted by molar-refractivity contribution is 9.10. The third-order valence-corrected chi connectivity index (χ3v) is 5.80. The molecule has 2 aromatic rings. The molecule has 0 aliphatic carbocycles. The predicted molar refractivity (Wildman–Crippen MR) is 138 cm³/mol. The maximum absolute atomic E-state index is 16.1. The van der Waals surface area contributed by atoms with Crippen LogP contribution >= 0.6 is 15.9 Å². The third-order valence-electron chi connectivity index (χ3n) is 5.09. The van der Waals surface area contributed by atoms with Gasteiger partial charge in [0.05, 0.1) is 0 Å². The molecule has 9 nitrogen and oxygen atoms in total. The van der Waals surface area contributed by atoms with Crippen LogP contribution in [0.2, 0.25) is 0 Å². The van der Waals surface area contributed by atoms with E-state index in [1.54, 1.807) is 51.1 Å². The summed E-state index contributed by atoms with van der Waals surface area (Å²) in [5.74, 6) is -6.45. The van der Waals surface area contributed by atoms with E-state index in [9.17, 15) is 37.5 Å². The second kappa shape index (κ2) is 13.6. The number of benzene rings is 2. The molecule has 0 aliphatic heterocycles. The molecule has 2 amide bonds. The van der Waals surface area contributed by atoms with Crippen LogP contribution in [0.5, 0.6) is 5.75 Å². The van der Waals surface area contributed by atoms with Gasteiger partial charge in [-0.1, -0.05) is 46.3 Å². The standard InChI is InChI=1S/C26H27BrF4N2O7/c1-25(2,3)40-24(38)32-16(9-10-34)11-17-18(27)12-19(39-14-15-7-5-4-6-8-15)22(21(17)28)33(13-20(35)36)23(37)26(29,30)31/h4-8,10,12,16H,9,11,13-14H2,1-3H3,(H,32,38)(H,35,36)/t16-/m1/s1. The van der Waals surface area contributed by atoms with Gasteiger partial charge in [0.15, 0.2) is 5.82 Å². The van der Waals surface area contributed by atoms with Gasteiger partial charge >= 0.3 is 24.1 Å².